The number of hydrogen-bond donors (Lipinski definition) is 1. The monoisotopic (exact) mass is 184 g/mol. The Morgan fingerprint density at radius 1 is 1.38 bits per heavy atom. The first kappa shape index (κ1) is 10.5. The van der Waals surface area contributed by atoms with Crippen molar-refractivity contribution in [2.75, 3.05) is 13.1 Å². The number of carbonyl (C=O) groups is 1. The van der Waals surface area contributed by atoms with Crippen LogP contribution in [0.2, 0.25) is 0 Å². The normalized spacial score (nSPS) is 21.3. The van der Waals surface area contributed by atoms with Gasteiger partial charge in [-0.05, 0) is 32.4 Å². The molecular weight excluding hydrogens is 164 g/mol. The molecule has 0 aliphatic carbocycles. The topological polar surface area (TPSA) is 46.3 Å². The molecule has 1 amide bonds. The first-order valence-corrected chi connectivity index (χ1v) is 5.26. The lowest BCUT2D eigenvalue weighted by Crippen LogP contribution is -2.41. The van der Waals surface area contributed by atoms with E-state index in [1.807, 2.05) is 0 Å². The van der Waals surface area contributed by atoms with Crippen LogP contribution in [0.5, 0.6) is 0 Å². The number of rotatable bonds is 4. The molecule has 0 aromatic carbocycles. The average molecular weight is 184 g/mol. The fraction of sp³-hybridized carbons (Fsp3) is 0.900. The lowest BCUT2D eigenvalue weighted by atomic mass is 10.0. The Morgan fingerprint density at radius 3 is 2.46 bits per heavy atom. The van der Waals surface area contributed by atoms with E-state index >= 15 is 0 Å². The molecule has 1 heterocycles. The largest absolute Gasteiger partial charge is 0.370 e. The van der Waals surface area contributed by atoms with Crippen LogP contribution in [0.25, 0.3) is 0 Å². The van der Waals surface area contributed by atoms with E-state index in [0.29, 0.717) is 12.5 Å². The Morgan fingerprint density at radius 2 is 2.00 bits per heavy atom. The van der Waals surface area contributed by atoms with E-state index in [0.717, 1.165) is 19.5 Å². The standard InChI is InChI=1S/C10H20N2O/c1-2-9(8-10(11)13)12-6-4-3-5-7-12/h9H,2-8H2,1H3,(H2,11,13). The number of nitrogens with zero attached hydrogens (tertiary/aromatic N) is 1. The third-order valence-electron chi connectivity index (χ3n) is 2.82. The van der Waals surface area contributed by atoms with Crippen LogP contribution in [0.3, 0.4) is 0 Å². The molecular formula is C10H20N2O. The molecule has 1 aliphatic heterocycles. The molecule has 0 aromatic heterocycles. The summed E-state index contributed by atoms with van der Waals surface area (Å²) in [7, 11) is 0. The van der Waals surface area contributed by atoms with Gasteiger partial charge in [0.25, 0.3) is 0 Å². The molecule has 3 heteroatoms. The summed E-state index contributed by atoms with van der Waals surface area (Å²) < 4.78 is 0. The van der Waals surface area contributed by atoms with Gasteiger partial charge in [0.2, 0.25) is 5.91 Å². The zero-order valence-corrected chi connectivity index (χ0v) is 8.46. The van der Waals surface area contributed by atoms with Gasteiger partial charge in [-0.2, -0.15) is 0 Å². The van der Waals surface area contributed by atoms with Crippen LogP contribution in [-0.2, 0) is 4.79 Å². The summed E-state index contributed by atoms with van der Waals surface area (Å²) in [4.78, 5) is 13.2. The molecule has 0 saturated carbocycles. The summed E-state index contributed by atoms with van der Waals surface area (Å²) in [6.45, 7) is 4.42. The van der Waals surface area contributed by atoms with Crippen LogP contribution >= 0.6 is 0 Å². The summed E-state index contributed by atoms with van der Waals surface area (Å²) in [6, 6.07) is 0.387. The van der Waals surface area contributed by atoms with Crippen molar-refractivity contribution in [2.45, 2.75) is 45.1 Å². The van der Waals surface area contributed by atoms with Gasteiger partial charge in [-0.1, -0.05) is 13.3 Å². The van der Waals surface area contributed by atoms with Gasteiger partial charge in [-0.15, -0.1) is 0 Å². The van der Waals surface area contributed by atoms with Crippen LogP contribution in [-0.4, -0.2) is 29.9 Å². The lowest BCUT2D eigenvalue weighted by Gasteiger charge is -2.33. The summed E-state index contributed by atoms with van der Waals surface area (Å²) in [5, 5.41) is 0. The predicted octanol–water partition coefficient (Wildman–Crippen LogP) is 1.13. The molecule has 1 fully saturated rings. The van der Waals surface area contributed by atoms with E-state index in [1.54, 1.807) is 0 Å². The van der Waals surface area contributed by atoms with Crippen molar-refractivity contribution in [1.29, 1.82) is 0 Å². The number of likely N-dealkylation sites (tertiary alicyclic amines) is 1. The maximum absolute atomic E-state index is 10.8. The second-order valence-corrected chi connectivity index (χ2v) is 3.83. The summed E-state index contributed by atoms with van der Waals surface area (Å²) in [5.74, 6) is -0.169. The smallest absolute Gasteiger partial charge is 0.218 e. The number of hydrogen-bond acceptors (Lipinski definition) is 2. The minimum atomic E-state index is -0.169. The Balaban J connectivity index is 2.39. The third-order valence-corrected chi connectivity index (χ3v) is 2.82. The van der Waals surface area contributed by atoms with Crippen molar-refractivity contribution in [1.82, 2.24) is 4.90 Å². The number of piperidine rings is 1. The highest BCUT2D eigenvalue weighted by Crippen LogP contribution is 2.15. The minimum Gasteiger partial charge on any atom is -0.370 e. The van der Waals surface area contributed by atoms with Crippen molar-refractivity contribution >= 4 is 5.91 Å². The van der Waals surface area contributed by atoms with Crippen molar-refractivity contribution in [3.8, 4) is 0 Å². The molecule has 1 aliphatic rings. The molecule has 3 nitrogen and oxygen atoms in total. The van der Waals surface area contributed by atoms with Gasteiger partial charge in [0.15, 0.2) is 0 Å². The average Bonchev–Trinajstić information content (AvgIpc) is 2.15. The fourth-order valence-corrected chi connectivity index (χ4v) is 2.05. The molecule has 1 saturated heterocycles. The highest BCUT2D eigenvalue weighted by atomic mass is 16.1. The Labute approximate surface area is 80.3 Å². The Hall–Kier alpha value is -0.570. The molecule has 0 bridgehead atoms. The van der Waals surface area contributed by atoms with Gasteiger partial charge in [0.1, 0.15) is 0 Å². The summed E-state index contributed by atoms with van der Waals surface area (Å²) in [6.07, 6.45) is 5.44. The first-order chi connectivity index (χ1) is 6.24. The molecule has 2 N–H and O–H groups in total. The molecule has 0 aromatic rings. The molecule has 1 unspecified atom stereocenters. The Kier molecular flexibility index (Phi) is 4.22. The van der Waals surface area contributed by atoms with Crippen LogP contribution in [0.1, 0.15) is 39.0 Å². The van der Waals surface area contributed by atoms with E-state index in [2.05, 4.69) is 11.8 Å². The summed E-state index contributed by atoms with van der Waals surface area (Å²) >= 11 is 0. The van der Waals surface area contributed by atoms with Gasteiger partial charge in [0, 0.05) is 12.5 Å². The van der Waals surface area contributed by atoms with Crippen LogP contribution in [0.4, 0.5) is 0 Å². The number of nitrogens with two attached hydrogens (primary N) is 1. The lowest BCUT2D eigenvalue weighted by molar-refractivity contribution is -0.119. The van der Waals surface area contributed by atoms with Gasteiger partial charge in [-0.25, -0.2) is 0 Å². The molecule has 1 rings (SSSR count). The van der Waals surface area contributed by atoms with Gasteiger partial charge in [0.05, 0.1) is 0 Å². The van der Waals surface area contributed by atoms with Crippen molar-refractivity contribution in [3.63, 3.8) is 0 Å². The second kappa shape index (κ2) is 5.22. The maximum atomic E-state index is 10.8. The van der Waals surface area contributed by atoms with Crippen LogP contribution in [0, 0.1) is 0 Å². The maximum Gasteiger partial charge on any atom is 0.218 e. The quantitative estimate of drug-likeness (QED) is 0.712. The van der Waals surface area contributed by atoms with Gasteiger partial charge >= 0.3 is 0 Å². The first-order valence-electron chi connectivity index (χ1n) is 5.26. The van der Waals surface area contributed by atoms with E-state index in [9.17, 15) is 4.79 Å². The van der Waals surface area contributed by atoms with Crippen molar-refractivity contribution < 1.29 is 4.79 Å². The van der Waals surface area contributed by atoms with E-state index in [4.69, 9.17) is 5.73 Å². The van der Waals surface area contributed by atoms with E-state index in [-0.39, 0.29) is 5.91 Å². The highest BCUT2D eigenvalue weighted by molar-refractivity contribution is 5.74. The summed E-state index contributed by atoms with van der Waals surface area (Å²) in [5.41, 5.74) is 5.21. The zero-order valence-electron chi connectivity index (χ0n) is 8.46. The van der Waals surface area contributed by atoms with Gasteiger partial charge in [-0.3, -0.25) is 9.69 Å². The highest BCUT2D eigenvalue weighted by Gasteiger charge is 2.20. The molecule has 76 valence electrons. The molecule has 13 heavy (non-hydrogen) atoms. The van der Waals surface area contributed by atoms with Crippen molar-refractivity contribution in [2.24, 2.45) is 5.73 Å². The SMILES string of the molecule is CCC(CC(N)=O)N1CCCCC1. The van der Waals surface area contributed by atoms with Crippen LogP contribution < -0.4 is 5.73 Å². The molecule has 1 atom stereocenters. The Bertz CT molecular complexity index is 164. The number of amides is 1. The predicted molar refractivity (Wildman–Crippen MR) is 53.3 cm³/mol. The van der Waals surface area contributed by atoms with E-state index < -0.39 is 0 Å². The van der Waals surface area contributed by atoms with Gasteiger partial charge < -0.3 is 5.73 Å². The van der Waals surface area contributed by atoms with Crippen LogP contribution in [0.15, 0.2) is 0 Å². The zero-order chi connectivity index (χ0) is 9.68. The number of carbonyl (C=O) groups excluding carboxylic acids is 1. The fourth-order valence-electron chi connectivity index (χ4n) is 2.05. The molecule has 0 radical (unpaired) electrons. The number of primary amides is 1. The van der Waals surface area contributed by atoms with Crippen molar-refractivity contribution in [3.05, 3.63) is 0 Å². The molecule has 0 spiro atoms. The second-order valence-electron chi connectivity index (χ2n) is 3.83. The van der Waals surface area contributed by atoms with E-state index in [1.165, 1.54) is 19.3 Å². The third kappa shape index (κ3) is 3.35. The minimum absolute atomic E-state index is 0.169.